The Morgan fingerprint density at radius 3 is 2.36 bits per heavy atom. The lowest BCUT2D eigenvalue weighted by molar-refractivity contribution is -0.384. The number of piperidine rings is 3. The maximum absolute atomic E-state index is 14.2. The van der Waals surface area contributed by atoms with Crippen molar-refractivity contribution in [1.82, 2.24) is 39.6 Å². The van der Waals surface area contributed by atoms with Gasteiger partial charge in [0.1, 0.15) is 28.9 Å². The van der Waals surface area contributed by atoms with Crippen LogP contribution in [0.4, 0.5) is 22.7 Å². The number of likely N-dealkylation sites (tertiary alicyclic amines) is 2. The Morgan fingerprint density at radius 2 is 1.61 bits per heavy atom. The number of ether oxygens (including phenoxy) is 1. The van der Waals surface area contributed by atoms with E-state index in [1.165, 1.54) is 35.0 Å². The molecule has 7 heterocycles. The number of nitrogens with one attached hydrogen (secondary N) is 5. The van der Waals surface area contributed by atoms with Crippen molar-refractivity contribution in [2.24, 2.45) is 11.3 Å². The molecule has 0 radical (unpaired) electrons. The summed E-state index contributed by atoms with van der Waals surface area (Å²) in [6, 6.07) is 24.9. The predicted molar refractivity (Wildman–Crippen MR) is 339 cm³/mol. The zero-order chi connectivity index (χ0) is 62.1. The van der Waals surface area contributed by atoms with E-state index in [1.54, 1.807) is 48.7 Å². The maximum Gasteiger partial charge on any atom is 0.293 e. The monoisotopic (exact) mass is 1250 g/mol. The first kappa shape index (κ1) is 61.0. The van der Waals surface area contributed by atoms with E-state index in [0.29, 0.717) is 49.3 Å². The zero-order valence-electron chi connectivity index (χ0n) is 49.9. The minimum Gasteiger partial charge on any atom is -0.455 e. The number of benzene rings is 4. The second-order valence-corrected chi connectivity index (χ2v) is 27.1. The number of rotatable bonds is 19. The molecular formula is C65H73ClN12O10S. The van der Waals surface area contributed by atoms with Crippen LogP contribution in [0.3, 0.4) is 0 Å². The Labute approximate surface area is 521 Å². The van der Waals surface area contributed by atoms with E-state index < -0.39 is 61.1 Å². The fraction of sp³-hybridized carbons (Fsp3) is 0.415. The molecule has 0 spiro atoms. The Hall–Kier alpha value is -8.22. The molecule has 4 saturated heterocycles. The fourth-order valence-electron chi connectivity index (χ4n) is 13.5. The molecule has 12 rings (SSSR count). The number of piperazine rings is 1. The molecule has 89 heavy (non-hydrogen) atoms. The number of carbonyl (C=O) groups is 5. The van der Waals surface area contributed by atoms with Crippen molar-refractivity contribution in [3.8, 4) is 11.5 Å². The highest BCUT2D eigenvalue weighted by atomic mass is 35.5. The number of allylic oxidation sites excluding steroid dienone is 1. The van der Waals surface area contributed by atoms with Crippen molar-refractivity contribution in [2.45, 2.75) is 88.6 Å². The van der Waals surface area contributed by atoms with Gasteiger partial charge in [-0.3, -0.25) is 49.2 Å². The number of carbonyl (C=O) groups excluding carboxylic acids is 5. The van der Waals surface area contributed by atoms with Crippen molar-refractivity contribution in [3.63, 3.8) is 0 Å². The predicted octanol–water partition coefficient (Wildman–Crippen LogP) is 8.92. The van der Waals surface area contributed by atoms with Gasteiger partial charge >= 0.3 is 0 Å². The smallest absolute Gasteiger partial charge is 0.293 e. The number of pyridine rings is 1. The number of nitro groups is 1. The van der Waals surface area contributed by atoms with Gasteiger partial charge in [0.2, 0.25) is 11.8 Å². The molecule has 5 N–H and O–H groups in total. The summed E-state index contributed by atoms with van der Waals surface area (Å²) in [5, 5.41) is 22.8. The van der Waals surface area contributed by atoms with Gasteiger partial charge in [0.15, 0.2) is 0 Å². The minimum atomic E-state index is -4.64. The SMILES string of the molecule is CC1(C)CCC(CN2CCN(c3ccc(C(=O)NS(=O)(=O)c4ccc(NCC5CCN(C6CCN(CCNc7cccc8c7C(=O)N(C7CCC(=O)NC7=O)C8=O)CC6)CC5)c([N+](=O)[O-])c4)c(Oc4cnc5[nH]ccc5c4)c3)CC2)=C(c2ccc(Cl)cc2)C1. The van der Waals surface area contributed by atoms with Crippen LogP contribution >= 0.6 is 11.6 Å². The molecule has 1 aliphatic carbocycles. The number of aromatic nitrogens is 2. The van der Waals surface area contributed by atoms with Gasteiger partial charge < -0.3 is 35.1 Å². The van der Waals surface area contributed by atoms with E-state index in [4.69, 9.17) is 16.3 Å². The molecule has 4 fully saturated rings. The van der Waals surface area contributed by atoms with Crippen LogP contribution in [0.25, 0.3) is 16.6 Å². The van der Waals surface area contributed by atoms with Crippen molar-refractivity contribution < 1.29 is 42.1 Å². The van der Waals surface area contributed by atoms with Crippen molar-refractivity contribution >= 4 is 90.5 Å². The number of H-pyrrole nitrogens is 1. The number of hydrogen-bond donors (Lipinski definition) is 5. The largest absolute Gasteiger partial charge is 0.455 e. The summed E-state index contributed by atoms with van der Waals surface area (Å²) in [6.45, 7) is 13.8. The molecule has 6 aromatic rings. The summed E-state index contributed by atoms with van der Waals surface area (Å²) in [7, 11) is -4.64. The lowest BCUT2D eigenvalue weighted by Gasteiger charge is -2.42. The number of amides is 5. The van der Waals surface area contributed by atoms with Crippen LogP contribution in [0, 0.1) is 21.4 Å². The zero-order valence-corrected chi connectivity index (χ0v) is 51.5. The molecule has 2 aromatic heterocycles. The van der Waals surface area contributed by atoms with E-state index in [9.17, 15) is 42.5 Å². The standard InChI is InChI=1S/C65H73ClN12O10S/c1-65(2)22-16-44(52(37-65)42-6-8-45(66)9-7-42)40-74-30-32-76(33-31-74)47-10-12-50(57(35-47)88-48-34-43-17-23-68-60(43)70-39-48)61(80)72-89(86,87)49-11-13-53(56(36-49)78(84)85)69-38-41-18-27-75(28-19-41)46-20-25-73(26-21-46)29-24-67-54-5-3-4-51-59(54)64(83)77(63(51)82)55-14-15-58(79)71-62(55)81/h3-13,17,23,34-36,39,41,46,55,67,69H,14-16,18-22,24-33,37-38,40H2,1-2H3,(H,68,70)(H,72,80)(H,71,79,81). The molecule has 5 amide bonds. The lowest BCUT2D eigenvalue weighted by Crippen LogP contribution is -2.54. The average Bonchev–Trinajstić information content (AvgIpc) is 1.75. The summed E-state index contributed by atoms with van der Waals surface area (Å²) in [5.41, 5.74) is 6.39. The first-order chi connectivity index (χ1) is 42.8. The van der Waals surface area contributed by atoms with E-state index in [1.807, 2.05) is 18.2 Å². The van der Waals surface area contributed by atoms with Crippen LogP contribution in [0.1, 0.15) is 108 Å². The normalized spacial score (nSPS) is 20.0. The second-order valence-electron chi connectivity index (χ2n) is 25.0. The van der Waals surface area contributed by atoms with Crippen LogP contribution in [0.5, 0.6) is 11.5 Å². The van der Waals surface area contributed by atoms with Gasteiger partial charge in [0.05, 0.1) is 32.7 Å². The lowest BCUT2D eigenvalue weighted by atomic mass is 9.72. The molecule has 6 aliphatic rings. The topological polar surface area (TPSA) is 265 Å². The number of fused-ring (bicyclic) bond motifs is 2. The number of aromatic amines is 1. The summed E-state index contributed by atoms with van der Waals surface area (Å²) < 4.78 is 36.6. The number of nitrogens with zero attached hydrogens (tertiary/aromatic N) is 7. The highest BCUT2D eigenvalue weighted by Crippen LogP contribution is 2.44. The molecule has 0 saturated carbocycles. The Bertz CT molecular complexity index is 3890. The minimum absolute atomic E-state index is 0.0510. The van der Waals surface area contributed by atoms with Gasteiger partial charge in [0.25, 0.3) is 33.4 Å². The van der Waals surface area contributed by atoms with Gasteiger partial charge in [-0.1, -0.05) is 49.2 Å². The molecular weight excluding hydrogens is 1180 g/mol. The molecule has 1 unspecified atom stereocenters. The second kappa shape index (κ2) is 25.7. The van der Waals surface area contributed by atoms with Crippen molar-refractivity contribution in [2.75, 3.05) is 94.1 Å². The van der Waals surface area contributed by atoms with E-state index in [-0.39, 0.29) is 52.3 Å². The molecule has 0 bridgehead atoms. The van der Waals surface area contributed by atoms with E-state index in [2.05, 4.69) is 76.2 Å². The molecule has 22 nitrogen and oxygen atoms in total. The fourth-order valence-corrected chi connectivity index (χ4v) is 14.6. The number of anilines is 3. The molecule has 1 atom stereocenters. The third-order valence-electron chi connectivity index (χ3n) is 18.6. The maximum atomic E-state index is 14.2. The molecule has 4 aromatic carbocycles. The first-order valence-corrected chi connectivity index (χ1v) is 32.5. The van der Waals surface area contributed by atoms with Gasteiger partial charge in [-0.25, -0.2) is 18.1 Å². The summed E-state index contributed by atoms with van der Waals surface area (Å²) in [6.07, 6.45) is 10.3. The molecule has 5 aliphatic heterocycles. The first-order valence-electron chi connectivity index (χ1n) is 30.7. The van der Waals surface area contributed by atoms with E-state index in [0.717, 1.165) is 124 Å². The highest BCUT2D eigenvalue weighted by molar-refractivity contribution is 7.90. The van der Waals surface area contributed by atoms with Crippen molar-refractivity contribution in [3.05, 3.63) is 146 Å². The van der Waals surface area contributed by atoms with Gasteiger partial charge in [-0.05, 0) is 161 Å². The van der Waals surface area contributed by atoms with Gasteiger partial charge in [0, 0.05) is 105 Å². The Kier molecular flexibility index (Phi) is 17.6. The average molecular weight is 1250 g/mol. The van der Waals surface area contributed by atoms with Crippen LogP contribution in [-0.4, -0.2) is 163 Å². The quantitative estimate of drug-likeness (QED) is 0.0288. The third-order valence-corrected chi connectivity index (χ3v) is 20.1. The van der Waals surface area contributed by atoms with Gasteiger partial charge in [-0.2, -0.15) is 0 Å². The van der Waals surface area contributed by atoms with Crippen LogP contribution in [0.2, 0.25) is 5.02 Å². The highest BCUT2D eigenvalue weighted by Gasteiger charge is 2.46. The summed E-state index contributed by atoms with van der Waals surface area (Å²) >= 11 is 6.28. The number of halogens is 1. The Balaban J connectivity index is 0.633. The molecule has 24 heteroatoms. The van der Waals surface area contributed by atoms with E-state index >= 15 is 0 Å². The van der Waals surface area contributed by atoms with Crippen LogP contribution < -0.4 is 30.3 Å². The number of imide groups is 2. The van der Waals surface area contributed by atoms with Crippen LogP contribution in [0.15, 0.2) is 114 Å². The summed E-state index contributed by atoms with van der Waals surface area (Å²) in [5.74, 6) is -2.47. The number of sulfonamides is 1. The third kappa shape index (κ3) is 13.5. The Morgan fingerprint density at radius 1 is 0.831 bits per heavy atom. The summed E-state index contributed by atoms with van der Waals surface area (Å²) in [4.78, 5) is 94.9. The van der Waals surface area contributed by atoms with Crippen LogP contribution in [-0.2, 0) is 19.6 Å². The van der Waals surface area contributed by atoms with Crippen molar-refractivity contribution in [1.29, 1.82) is 0 Å². The number of nitro benzene ring substituents is 1. The molecule has 466 valence electrons. The van der Waals surface area contributed by atoms with Gasteiger partial charge in [-0.15, -0.1) is 0 Å². The number of hydrogen-bond acceptors (Lipinski definition) is 17.